The lowest BCUT2D eigenvalue weighted by Gasteiger charge is -2.29. The highest BCUT2D eigenvalue weighted by atomic mass is 19.1. The van der Waals surface area contributed by atoms with Gasteiger partial charge < -0.3 is 10.2 Å². The Morgan fingerprint density at radius 3 is 2.50 bits per heavy atom. The number of halogens is 2. The third-order valence-corrected chi connectivity index (χ3v) is 4.03. The molecule has 124 valence electrons. The van der Waals surface area contributed by atoms with Gasteiger partial charge in [-0.25, -0.2) is 8.78 Å². The summed E-state index contributed by atoms with van der Waals surface area (Å²) in [6.07, 6.45) is 1.72. The zero-order valence-electron chi connectivity index (χ0n) is 13.1. The number of aryl methyl sites for hydroxylation is 1. The topological polar surface area (TPSA) is 49.4 Å². The molecule has 1 heterocycles. The second kappa shape index (κ2) is 6.39. The van der Waals surface area contributed by atoms with E-state index in [4.69, 9.17) is 0 Å². The van der Waals surface area contributed by atoms with E-state index in [1.165, 1.54) is 13.0 Å². The monoisotopic (exact) mass is 330 g/mol. The minimum Gasteiger partial charge on any atom is -0.322 e. The maximum atomic E-state index is 13.7. The molecule has 3 rings (SSSR count). The largest absolute Gasteiger partial charge is 0.322 e. The number of benzene rings is 2. The molecular weight excluding hydrogens is 314 g/mol. The first-order chi connectivity index (χ1) is 11.5. The minimum atomic E-state index is -0.921. The van der Waals surface area contributed by atoms with Gasteiger partial charge in [-0.1, -0.05) is 12.1 Å². The van der Waals surface area contributed by atoms with E-state index in [-0.39, 0.29) is 5.91 Å². The van der Waals surface area contributed by atoms with Crippen molar-refractivity contribution in [1.29, 1.82) is 0 Å². The molecule has 0 aliphatic carbocycles. The molecule has 1 N–H and O–H groups in total. The van der Waals surface area contributed by atoms with Crippen LogP contribution in [-0.4, -0.2) is 18.4 Å². The molecule has 2 aromatic carbocycles. The van der Waals surface area contributed by atoms with Gasteiger partial charge in [-0.05, 0) is 42.7 Å². The highest BCUT2D eigenvalue weighted by Crippen LogP contribution is 2.30. The molecular formula is C18H16F2N2O2. The molecule has 0 atom stereocenters. The van der Waals surface area contributed by atoms with Crippen LogP contribution >= 0.6 is 0 Å². The second-order valence-corrected chi connectivity index (χ2v) is 5.67. The first-order valence-corrected chi connectivity index (χ1v) is 7.64. The predicted octanol–water partition coefficient (Wildman–Crippen LogP) is 3.52. The van der Waals surface area contributed by atoms with Gasteiger partial charge in [0, 0.05) is 24.8 Å². The van der Waals surface area contributed by atoms with Crippen LogP contribution in [0.4, 0.5) is 20.2 Å². The molecule has 4 nitrogen and oxygen atoms in total. The first kappa shape index (κ1) is 16.1. The van der Waals surface area contributed by atoms with Crippen LogP contribution in [0.15, 0.2) is 36.4 Å². The van der Waals surface area contributed by atoms with E-state index >= 15 is 0 Å². The molecule has 0 aromatic heterocycles. The van der Waals surface area contributed by atoms with Gasteiger partial charge in [-0.15, -0.1) is 0 Å². The fraction of sp³-hybridized carbons (Fsp3) is 0.222. The number of rotatable bonds is 2. The quantitative estimate of drug-likeness (QED) is 0.916. The lowest BCUT2D eigenvalue weighted by molar-refractivity contribution is -0.116. The third-order valence-electron chi connectivity index (χ3n) is 4.03. The first-order valence-electron chi connectivity index (χ1n) is 7.64. The van der Waals surface area contributed by atoms with Crippen molar-refractivity contribution in [2.75, 3.05) is 16.8 Å². The van der Waals surface area contributed by atoms with E-state index in [0.717, 1.165) is 36.2 Å². The highest BCUT2D eigenvalue weighted by Gasteiger charge is 2.22. The van der Waals surface area contributed by atoms with Gasteiger partial charge in [0.05, 0.1) is 0 Å². The molecule has 0 saturated heterocycles. The van der Waals surface area contributed by atoms with Gasteiger partial charge in [0.2, 0.25) is 5.91 Å². The predicted molar refractivity (Wildman–Crippen MR) is 87.1 cm³/mol. The van der Waals surface area contributed by atoms with Crippen LogP contribution in [0.5, 0.6) is 0 Å². The normalized spacial score (nSPS) is 13.4. The van der Waals surface area contributed by atoms with E-state index in [2.05, 4.69) is 5.32 Å². The van der Waals surface area contributed by atoms with Crippen molar-refractivity contribution in [3.05, 3.63) is 59.2 Å². The van der Waals surface area contributed by atoms with Crippen molar-refractivity contribution in [3.63, 3.8) is 0 Å². The van der Waals surface area contributed by atoms with Crippen LogP contribution < -0.4 is 10.2 Å². The zero-order chi connectivity index (χ0) is 17.3. The van der Waals surface area contributed by atoms with Crippen LogP contribution in [0, 0.1) is 11.6 Å². The van der Waals surface area contributed by atoms with Gasteiger partial charge >= 0.3 is 0 Å². The summed E-state index contributed by atoms with van der Waals surface area (Å²) in [6.45, 7) is 2.09. The van der Waals surface area contributed by atoms with Crippen molar-refractivity contribution < 1.29 is 18.4 Å². The minimum absolute atomic E-state index is 0.0837. The molecule has 1 aliphatic rings. The number of amides is 2. The summed E-state index contributed by atoms with van der Waals surface area (Å²) < 4.78 is 27.4. The van der Waals surface area contributed by atoms with Crippen molar-refractivity contribution in [2.24, 2.45) is 0 Å². The highest BCUT2D eigenvalue weighted by molar-refractivity contribution is 6.05. The standard InChI is InChI=1S/C18H16F2N2O2/c1-11(23)22-9-3-4-12-7-8-13(10-16(12)22)21-18(24)17-14(19)5-2-6-15(17)20/h2,5-8,10H,3-4,9H2,1H3,(H,21,24). The van der Waals surface area contributed by atoms with Gasteiger partial charge in [-0.3, -0.25) is 9.59 Å². The van der Waals surface area contributed by atoms with Crippen LogP contribution in [0.2, 0.25) is 0 Å². The van der Waals surface area contributed by atoms with Gasteiger partial charge in [0.25, 0.3) is 5.91 Å². The van der Waals surface area contributed by atoms with Gasteiger partial charge in [0.1, 0.15) is 17.2 Å². The van der Waals surface area contributed by atoms with Crippen LogP contribution in [0.3, 0.4) is 0 Å². The molecule has 24 heavy (non-hydrogen) atoms. The molecule has 0 fully saturated rings. The second-order valence-electron chi connectivity index (χ2n) is 5.67. The summed E-state index contributed by atoms with van der Waals surface area (Å²) in [6, 6.07) is 8.40. The van der Waals surface area contributed by atoms with Crippen molar-refractivity contribution in [1.82, 2.24) is 0 Å². The molecule has 0 spiro atoms. The lowest BCUT2D eigenvalue weighted by atomic mass is 10.0. The molecule has 0 unspecified atom stereocenters. The van der Waals surface area contributed by atoms with Gasteiger partial charge in [-0.2, -0.15) is 0 Å². The Balaban J connectivity index is 1.90. The molecule has 2 aromatic rings. The van der Waals surface area contributed by atoms with Crippen molar-refractivity contribution in [2.45, 2.75) is 19.8 Å². The van der Waals surface area contributed by atoms with E-state index in [9.17, 15) is 18.4 Å². The third kappa shape index (κ3) is 2.99. The number of fused-ring (bicyclic) bond motifs is 1. The van der Waals surface area contributed by atoms with E-state index < -0.39 is 23.1 Å². The molecule has 1 aliphatic heterocycles. The smallest absolute Gasteiger partial charge is 0.261 e. The zero-order valence-corrected chi connectivity index (χ0v) is 13.1. The Hall–Kier alpha value is -2.76. The molecule has 2 amide bonds. The number of carbonyl (C=O) groups is 2. The van der Waals surface area contributed by atoms with E-state index in [1.54, 1.807) is 17.0 Å². The van der Waals surface area contributed by atoms with Crippen molar-refractivity contribution >= 4 is 23.2 Å². The number of hydrogen-bond donors (Lipinski definition) is 1. The summed E-state index contributed by atoms with van der Waals surface area (Å²) in [5.41, 5.74) is 1.49. The lowest BCUT2D eigenvalue weighted by Crippen LogP contribution is -2.33. The summed E-state index contributed by atoms with van der Waals surface area (Å²) in [5, 5.41) is 2.49. The maximum absolute atomic E-state index is 13.7. The van der Waals surface area contributed by atoms with Crippen LogP contribution in [0.25, 0.3) is 0 Å². The Kier molecular flexibility index (Phi) is 4.29. The Bertz CT molecular complexity index is 800. The Morgan fingerprint density at radius 1 is 1.12 bits per heavy atom. The molecule has 0 bridgehead atoms. The number of nitrogens with zero attached hydrogens (tertiary/aromatic N) is 1. The molecule has 0 radical (unpaired) electrons. The fourth-order valence-electron chi connectivity index (χ4n) is 2.89. The average Bonchev–Trinajstić information content (AvgIpc) is 2.53. The Labute approximate surface area is 138 Å². The molecule has 0 saturated carbocycles. The van der Waals surface area contributed by atoms with Crippen molar-refractivity contribution in [3.8, 4) is 0 Å². The van der Waals surface area contributed by atoms with Crippen LogP contribution in [0.1, 0.15) is 29.3 Å². The number of hydrogen-bond acceptors (Lipinski definition) is 2. The summed E-state index contributed by atoms with van der Waals surface area (Å²) in [5.74, 6) is -2.79. The number of anilines is 2. The summed E-state index contributed by atoms with van der Waals surface area (Å²) in [7, 11) is 0. The van der Waals surface area contributed by atoms with E-state index in [0.29, 0.717) is 12.2 Å². The molecule has 6 heteroatoms. The van der Waals surface area contributed by atoms with Crippen LogP contribution in [-0.2, 0) is 11.2 Å². The summed E-state index contributed by atoms with van der Waals surface area (Å²) >= 11 is 0. The van der Waals surface area contributed by atoms with E-state index in [1.807, 2.05) is 6.07 Å². The number of carbonyl (C=O) groups excluding carboxylic acids is 2. The number of nitrogens with one attached hydrogen (secondary N) is 1. The summed E-state index contributed by atoms with van der Waals surface area (Å²) in [4.78, 5) is 25.5. The maximum Gasteiger partial charge on any atom is 0.261 e. The SMILES string of the molecule is CC(=O)N1CCCc2ccc(NC(=O)c3c(F)cccc3F)cc21. The average molecular weight is 330 g/mol. The van der Waals surface area contributed by atoms with Gasteiger partial charge in [0.15, 0.2) is 0 Å². The fourth-order valence-corrected chi connectivity index (χ4v) is 2.89. The Morgan fingerprint density at radius 2 is 1.83 bits per heavy atom.